The van der Waals surface area contributed by atoms with Crippen molar-refractivity contribution < 1.29 is 4.79 Å². The van der Waals surface area contributed by atoms with Gasteiger partial charge < -0.3 is 11.1 Å². The molecule has 0 saturated heterocycles. The van der Waals surface area contributed by atoms with Gasteiger partial charge in [-0.25, -0.2) is 0 Å². The molecule has 21 heavy (non-hydrogen) atoms. The van der Waals surface area contributed by atoms with E-state index in [1.54, 1.807) is 0 Å². The van der Waals surface area contributed by atoms with Crippen LogP contribution in [0.3, 0.4) is 0 Å². The molecule has 5 aliphatic carbocycles. The Labute approximate surface area is 128 Å². The third-order valence-corrected chi connectivity index (χ3v) is 7.21. The van der Waals surface area contributed by atoms with E-state index in [1.165, 1.54) is 44.9 Å². The fourth-order valence-corrected chi connectivity index (χ4v) is 6.33. The molecule has 0 unspecified atom stereocenters. The summed E-state index contributed by atoms with van der Waals surface area (Å²) in [5, 5.41) is 3.30. The van der Waals surface area contributed by atoms with Gasteiger partial charge in [-0.2, -0.15) is 0 Å². The molecule has 5 aliphatic rings. The van der Waals surface area contributed by atoms with Crippen molar-refractivity contribution in [3.63, 3.8) is 0 Å². The fraction of sp³-hybridized carbons (Fsp3) is 0.944. The summed E-state index contributed by atoms with van der Waals surface area (Å²) >= 11 is 0. The third-order valence-electron chi connectivity index (χ3n) is 7.21. The minimum atomic E-state index is 0.144. The van der Waals surface area contributed by atoms with Gasteiger partial charge in [0.15, 0.2) is 0 Å². The Kier molecular flexibility index (Phi) is 3.33. The average Bonchev–Trinajstić information content (AvgIpc) is 2.39. The second kappa shape index (κ2) is 4.97. The normalized spacial score (nSPS) is 42.6. The summed E-state index contributed by atoms with van der Waals surface area (Å²) in [5.41, 5.74) is 6.48. The second-order valence-electron chi connectivity index (χ2n) is 8.93. The van der Waals surface area contributed by atoms with Crippen molar-refractivity contribution in [2.45, 2.75) is 64.2 Å². The number of hydrogen-bond acceptors (Lipinski definition) is 2. The van der Waals surface area contributed by atoms with E-state index in [2.05, 4.69) is 5.32 Å². The molecule has 0 radical (unpaired) electrons. The zero-order valence-corrected chi connectivity index (χ0v) is 13.2. The van der Waals surface area contributed by atoms with Gasteiger partial charge >= 0.3 is 0 Å². The lowest BCUT2D eigenvalue weighted by molar-refractivity contribution is -0.126. The van der Waals surface area contributed by atoms with Crippen LogP contribution in [0.4, 0.5) is 0 Å². The Bertz CT molecular complexity index is 386. The van der Waals surface area contributed by atoms with Crippen LogP contribution in [0.1, 0.15) is 64.2 Å². The summed E-state index contributed by atoms with van der Waals surface area (Å²) in [7, 11) is 0. The van der Waals surface area contributed by atoms with Crippen LogP contribution in [0.2, 0.25) is 0 Å². The van der Waals surface area contributed by atoms with Gasteiger partial charge in [-0.3, -0.25) is 4.79 Å². The molecule has 0 aromatic rings. The molecule has 3 heteroatoms. The lowest BCUT2D eigenvalue weighted by atomic mass is 9.49. The summed E-state index contributed by atoms with van der Waals surface area (Å²) in [5.74, 6) is 3.16. The first-order chi connectivity index (χ1) is 10.1. The molecule has 4 bridgehead atoms. The standard InChI is InChI=1S/C18H30N2O/c19-11-17(2-1-3-17)10-16(21)20-12-18-7-13-4-14(8-18)6-15(5-13)9-18/h13-15H,1-12,19H2,(H,20,21). The van der Waals surface area contributed by atoms with Crippen LogP contribution in [0.25, 0.3) is 0 Å². The number of nitrogens with one attached hydrogen (secondary N) is 1. The molecule has 1 amide bonds. The maximum Gasteiger partial charge on any atom is 0.220 e. The third kappa shape index (κ3) is 2.52. The smallest absolute Gasteiger partial charge is 0.220 e. The highest BCUT2D eigenvalue weighted by atomic mass is 16.1. The maximum absolute atomic E-state index is 12.3. The van der Waals surface area contributed by atoms with E-state index in [4.69, 9.17) is 5.73 Å². The van der Waals surface area contributed by atoms with Gasteiger partial charge in [0, 0.05) is 13.0 Å². The van der Waals surface area contributed by atoms with Crippen molar-refractivity contribution in [2.24, 2.45) is 34.3 Å². The van der Waals surface area contributed by atoms with Crippen molar-refractivity contribution in [3.8, 4) is 0 Å². The summed E-state index contributed by atoms with van der Waals surface area (Å²) < 4.78 is 0. The minimum absolute atomic E-state index is 0.144. The quantitative estimate of drug-likeness (QED) is 0.818. The molecule has 118 valence electrons. The van der Waals surface area contributed by atoms with E-state index in [9.17, 15) is 4.79 Å². The summed E-state index contributed by atoms with van der Waals surface area (Å²) in [6.07, 6.45) is 12.8. The Morgan fingerprint density at radius 3 is 2.05 bits per heavy atom. The number of hydrogen-bond donors (Lipinski definition) is 2. The highest BCUT2D eigenvalue weighted by molar-refractivity contribution is 5.76. The fourth-order valence-electron chi connectivity index (χ4n) is 6.33. The first kappa shape index (κ1) is 14.0. The SMILES string of the molecule is NCC1(CC(=O)NCC23CC4CC(CC(C4)C2)C3)CCC1. The molecule has 0 aliphatic heterocycles. The van der Waals surface area contributed by atoms with E-state index >= 15 is 0 Å². The van der Waals surface area contributed by atoms with E-state index in [1.807, 2.05) is 0 Å². The highest BCUT2D eigenvalue weighted by Gasteiger charge is 2.50. The monoisotopic (exact) mass is 290 g/mol. The minimum Gasteiger partial charge on any atom is -0.356 e. The van der Waals surface area contributed by atoms with E-state index in [-0.39, 0.29) is 11.3 Å². The highest BCUT2D eigenvalue weighted by Crippen LogP contribution is 2.59. The van der Waals surface area contributed by atoms with Crippen LogP contribution in [0, 0.1) is 28.6 Å². The Morgan fingerprint density at radius 2 is 1.62 bits per heavy atom. The molecule has 3 nitrogen and oxygen atoms in total. The molecular formula is C18H30N2O. The zero-order valence-electron chi connectivity index (χ0n) is 13.2. The first-order valence-corrected chi connectivity index (χ1v) is 9.07. The van der Waals surface area contributed by atoms with Crippen LogP contribution >= 0.6 is 0 Å². The van der Waals surface area contributed by atoms with Gasteiger partial charge in [-0.1, -0.05) is 6.42 Å². The zero-order chi connectivity index (χ0) is 14.5. The van der Waals surface area contributed by atoms with Gasteiger partial charge in [0.1, 0.15) is 0 Å². The van der Waals surface area contributed by atoms with E-state index in [0.717, 1.165) is 37.1 Å². The Morgan fingerprint density at radius 1 is 1.05 bits per heavy atom. The average molecular weight is 290 g/mol. The molecule has 0 atom stereocenters. The van der Waals surface area contributed by atoms with Crippen molar-refractivity contribution in [1.29, 1.82) is 0 Å². The van der Waals surface area contributed by atoms with Crippen LogP contribution in [-0.2, 0) is 4.79 Å². The van der Waals surface area contributed by atoms with Crippen molar-refractivity contribution >= 4 is 5.91 Å². The lowest BCUT2D eigenvalue weighted by Gasteiger charge is -2.57. The molecule has 0 heterocycles. The number of carbonyl (C=O) groups excluding carboxylic acids is 1. The van der Waals surface area contributed by atoms with Crippen molar-refractivity contribution in [3.05, 3.63) is 0 Å². The molecular weight excluding hydrogens is 260 g/mol. The molecule has 5 saturated carbocycles. The van der Waals surface area contributed by atoms with Gasteiger partial charge in [0.2, 0.25) is 5.91 Å². The molecule has 0 aromatic carbocycles. The van der Waals surface area contributed by atoms with Crippen LogP contribution in [0.15, 0.2) is 0 Å². The molecule has 3 N–H and O–H groups in total. The van der Waals surface area contributed by atoms with Gasteiger partial charge in [-0.05, 0) is 86.5 Å². The van der Waals surface area contributed by atoms with Gasteiger partial charge in [0.05, 0.1) is 0 Å². The van der Waals surface area contributed by atoms with Crippen LogP contribution in [0.5, 0.6) is 0 Å². The molecule has 5 rings (SSSR count). The van der Waals surface area contributed by atoms with Gasteiger partial charge in [-0.15, -0.1) is 0 Å². The lowest BCUT2D eigenvalue weighted by Crippen LogP contribution is -2.52. The molecule has 5 fully saturated rings. The largest absolute Gasteiger partial charge is 0.356 e. The predicted octanol–water partition coefficient (Wildman–Crippen LogP) is 2.84. The molecule has 0 aromatic heterocycles. The van der Waals surface area contributed by atoms with Crippen LogP contribution in [-0.4, -0.2) is 19.0 Å². The van der Waals surface area contributed by atoms with Crippen LogP contribution < -0.4 is 11.1 Å². The number of carbonyl (C=O) groups is 1. The number of nitrogens with two attached hydrogens (primary N) is 1. The Balaban J connectivity index is 1.33. The summed E-state index contributed by atoms with van der Waals surface area (Å²) in [4.78, 5) is 12.3. The van der Waals surface area contributed by atoms with E-state index < -0.39 is 0 Å². The van der Waals surface area contributed by atoms with Crippen molar-refractivity contribution in [2.75, 3.05) is 13.1 Å². The number of amides is 1. The van der Waals surface area contributed by atoms with E-state index in [0.29, 0.717) is 18.4 Å². The van der Waals surface area contributed by atoms with Gasteiger partial charge in [0.25, 0.3) is 0 Å². The first-order valence-electron chi connectivity index (χ1n) is 9.07. The summed E-state index contributed by atoms with van der Waals surface area (Å²) in [6.45, 7) is 1.62. The second-order valence-corrected chi connectivity index (χ2v) is 8.93. The molecule has 0 spiro atoms. The number of rotatable bonds is 5. The summed E-state index contributed by atoms with van der Waals surface area (Å²) in [6, 6.07) is 0. The topological polar surface area (TPSA) is 55.1 Å². The van der Waals surface area contributed by atoms with Crippen molar-refractivity contribution in [1.82, 2.24) is 5.32 Å². The maximum atomic E-state index is 12.3. The predicted molar refractivity (Wildman–Crippen MR) is 83.6 cm³/mol. The Hall–Kier alpha value is -0.570.